The largest absolute Gasteiger partial charge is 0.479 e. The van der Waals surface area contributed by atoms with Crippen LogP contribution in [0.25, 0.3) is 0 Å². The lowest BCUT2D eigenvalue weighted by atomic mass is 10.2. The van der Waals surface area contributed by atoms with E-state index in [9.17, 15) is 13.2 Å². The summed E-state index contributed by atoms with van der Waals surface area (Å²) in [5.41, 5.74) is 1.00. The number of piperazine rings is 1. The number of hydrogen-bond acceptors (Lipinski definition) is 4. The Balaban J connectivity index is 1.64. The summed E-state index contributed by atoms with van der Waals surface area (Å²) >= 11 is 6.13. The molecule has 1 saturated heterocycles. The molecule has 0 spiro atoms. The molecule has 1 aliphatic heterocycles. The molecule has 2 aromatic rings. The normalized spacial score (nSPS) is 16.4. The molecular weight excluding hydrogens is 412 g/mol. The second-order valence-corrected chi connectivity index (χ2v) is 9.33. The van der Waals surface area contributed by atoms with Gasteiger partial charge in [-0.3, -0.25) is 4.79 Å². The monoisotopic (exact) mass is 436 g/mol. The maximum Gasteiger partial charge on any atom is 0.263 e. The third-order valence-corrected chi connectivity index (χ3v) is 7.19. The molecule has 1 atom stereocenters. The average molecular weight is 437 g/mol. The second kappa shape index (κ2) is 9.15. The second-order valence-electron chi connectivity index (χ2n) is 6.99. The average Bonchev–Trinajstić information content (AvgIpc) is 2.73. The summed E-state index contributed by atoms with van der Waals surface area (Å²) in [6.45, 7) is 4.95. The molecule has 0 radical (unpaired) electrons. The van der Waals surface area contributed by atoms with Gasteiger partial charge in [-0.1, -0.05) is 48.4 Å². The van der Waals surface area contributed by atoms with Crippen LogP contribution in [0.15, 0.2) is 53.4 Å². The molecule has 29 heavy (non-hydrogen) atoms. The molecule has 6 nitrogen and oxygen atoms in total. The summed E-state index contributed by atoms with van der Waals surface area (Å²) < 4.78 is 32.9. The van der Waals surface area contributed by atoms with Gasteiger partial charge in [-0.2, -0.15) is 4.31 Å². The minimum absolute atomic E-state index is 0.153. The highest BCUT2D eigenvalue weighted by molar-refractivity contribution is 7.89. The number of para-hydroxylation sites is 1. The molecule has 8 heteroatoms. The SMILES string of the molecule is CC[C@H](Oc1ccccc1Cl)C(=O)N1CCN(S(=O)(=O)c2ccc(C)cc2)CC1. The maximum atomic E-state index is 12.9. The van der Waals surface area contributed by atoms with E-state index in [1.165, 1.54) is 4.31 Å². The van der Waals surface area contributed by atoms with Crippen molar-refractivity contribution in [3.8, 4) is 5.75 Å². The molecule has 2 aromatic carbocycles. The van der Waals surface area contributed by atoms with Crippen LogP contribution in [0.1, 0.15) is 18.9 Å². The number of amides is 1. The van der Waals surface area contributed by atoms with E-state index in [4.69, 9.17) is 16.3 Å². The predicted octanol–water partition coefficient (Wildman–Crippen LogP) is 3.34. The molecule has 0 bridgehead atoms. The summed E-state index contributed by atoms with van der Waals surface area (Å²) in [6, 6.07) is 13.8. The van der Waals surface area contributed by atoms with Crippen molar-refractivity contribution in [2.24, 2.45) is 0 Å². The van der Waals surface area contributed by atoms with Crippen molar-refractivity contribution in [2.45, 2.75) is 31.3 Å². The quantitative estimate of drug-likeness (QED) is 0.696. The Labute approximate surface area is 177 Å². The Kier molecular flexibility index (Phi) is 6.82. The molecule has 0 saturated carbocycles. The van der Waals surface area contributed by atoms with Gasteiger partial charge in [-0.05, 0) is 37.6 Å². The summed E-state index contributed by atoms with van der Waals surface area (Å²) in [5.74, 6) is 0.315. The van der Waals surface area contributed by atoms with E-state index >= 15 is 0 Å². The minimum atomic E-state index is -3.56. The Morgan fingerprint density at radius 1 is 1.07 bits per heavy atom. The first-order valence-electron chi connectivity index (χ1n) is 9.59. The van der Waals surface area contributed by atoms with Crippen LogP contribution in [0, 0.1) is 6.92 Å². The fraction of sp³-hybridized carbons (Fsp3) is 0.381. The fourth-order valence-electron chi connectivity index (χ4n) is 3.21. The highest BCUT2D eigenvalue weighted by Crippen LogP contribution is 2.26. The lowest BCUT2D eigenvalue weighted by Gasteiger charge is -2.35. The van der Waals surface area contributed by atoms with E-state index in [1.54, 1.807) is 53.4 Å². The molecular formula is C21H25ClN2O4S. The number of halogens is 1. The first kappa shape index (κ1) is 21.6. The highest BCUT2D eigenvalue weighted by atomic mass is 35.5. The molecule has 1 amide bonds. The highest BCUT2D eigenvalue weighted by Gasteiger charge is 2.33. The van der Waals surface area contributed by atoms with Gasteiger partial charge in [0.1, 0.15) is 5.75 Å². The number of benzene rings is 2. The molecule has 1 heterocycles. The van der Waals surface area contributed by atoms with Crippen molar-refractivity contribution in [1.29, 1.82) is 0 Å². The third-order valence-electron chi connectivity index (χ3n) is 4.96. The van der Waals surface area contributed by atoms with E-state index in [0.717, 1.165) is 5.56 Å². The molecule has 0 aliphatic carbocycles. The summed E-state index contributed by atoms with van der Waals surface area (Å²) in [4.78, 5) is 14.8. The molecule has 3 rings (SSSR count). The number of ether oxygens (including phenoxy) is 1. The summed E-state index contributed by atoms with van der Waals surface area (Å²) in [5, 5.41) is 0.452. The molecule has 156 valence electrons. The van der Waals surface area contributed by atoms with Crippen LogP contribution < -0.4 is 4.74 Å². The molecule has 1 aliphatic rings. The van der Waals surface area contributed by atoms with Gasteiger partial charge in [0.25, 0.3) is 5.91 Å². The lowest BCUT2D eigenvalue weighted by molar-refractivity contribution is -0.140. The standard InChI is InChI=1S/C21H25ClN2O4S/c1-3-19(28-20-7-5-4-6-18(20)22)21(25)23-12-14-24(15-13-23)29(26,27)17-10-8-16(2)9-11-17/h4-11,19H,3,12-15H2,1-2H3/t19-/m0/s1. The van der Waals surface area contributed by atoms with Crippen molar-refractivity contribution in [3.05, 3.63) is 59.1 Å². The van der Waals surface area contributed by atoms with E-state index < -0.39 is 16.1 Å². The smallest absolute Gasteiger partial charge is 0.263 e. The first-order valence-corrected chi connectivity index (χ1v) is 11.4. The molecule has 0 unspecified atom stereocenters. The van der Waals surface area contributed by atoms with Crippen LogP contribution >= 0.6 is 11.6 Å². The van der Waals surface area contributed by atoms with Crippen LogP contribution in [0.2, 0.25) is 5.02 Å². The van der Waals surface area contributed by atoms with Crippen LogP contribution in [0.5, 0.6) is 5.75 Å². The molecule has 0 aromatic heterocycles. The van der Waals surface area contributed by atoms with Crippen LogP contribution in [0.3, 0.4) is 0 Å². The number of carbonyl (C=O) groups is 1. The summed E-state index contributed by atoms with van der Waals surface area (Å²) in [7, 11) is -3.56. The van der Waals surface area contributed by atoms with Crippen molar-refractivity contribution in [3.63, 3.8) is 0 Å². The van der Waals surface area contributed by atoms with Gasteiger partial charge < -0.3 is 9.64 Å². The third kappa shape index (κ3) is 4.91. The van der Waals surface area contributed by atoms with Crippen molar-refractivity contribution in [2.75, 3.05) is 26.2 Å². The predicted molar refractivity (Wildman–Crippen MR) is 113 cm³/mol. The van der Waals surface area contributed by atoms with Gasteiger partial charge >= 0.3 is 0 Å². The van der Waals surface area contributed by atoms with Gasteiger partial charge in [-0.15, -0.1) is 0 Å². The zero-order chi connectivity index (χ0) is 21.0. The van der Waals surface area contributed by atoms with Gasteiger partial charge in [0.2, 0.25) is 10.0 Å². The van der Waals surface area contributed by atoms with Gasteiger partial charge in [-0.25, -0.2) is 8.42 Å². The van der Waals surface area contributed by atoms with Crippen LogP contribution in [0.4, 0.5) is 0 Å². The number of hydrogen-bond donors (Lipinski definition) is 0. The number of carbonyl (C=O) groups excluding carboxylic acids is 1. The van der Waals surface area contributed by atoms with Crippen LogP contribution in [-0.2, 0) is 14.8 Å². The van der Waals surface area contributed by atoms with E-state index in [2.05, 4.69) is 0 Å². The van der Waals surface area contributed by atoms with E-state index in [-0.39, 0.29) is 23.9 Å². The molecule has 0 N–H and O–H groups in total. The van der Waals surface area contributed by atoms with Crippen molar-refractivity contribution in [1.82, 2.24) is 9.21 Å². The zero-order valence-electron chi connectivity index (χ0n) is 16.5. The lowest BCUT2D eigenvalue weighted by Crippen LogP contribution is -2.53. The Bertz CT molecular complexity index is 955. The van der Waals surface area contributed by atoms with Gasteiger partial charge in [0.15, 0.2) is 6.10 Å². The molecule has 1 fully saturated rings. The number of sulfonamides is 1. The van der Waals surface area contributed by atoms with Crippen LogP contribution in [-0.4, -0.2) is 55.8 Å². The summed E-state index contributed by atoms with van der Waals surface area (Å²) in [6.07, 6.45) is -0.165. The first-order chi connectivity index (χ1) is 13.8. The Morgan fingerprint density at radius 3 is 2.28 bits per heavy atom. The number of aryl methyl sites for hydroxylation is 1. The van der Waals surface area contributed by atoms with Crippen molar-refractivity contribution >= 4 is 27.5 Å². The Morgan fingerprint density at radius 2 is 1.69 bits per heavy atom. The fourth-order valence-corrected chi connectivity index (χ4v) is 4.82. The van der Waals surface area contributed by atoms with E-state index in [0.29, 0.717) is 30.3 Å². The minimum Gasteiger partial charge on any atom is -0.479 e. The Hall–Kier alpha value is -2.09. The zero-order valence-corrected chi connectivity index (χ0v) is 18.1. The van der Waals surface area contributed by atoms with Crippen molar-refractivity contribution < 1.29 is 17.9 Å². The topological polar surface area (TPSA) is 66.9 Å². The number of rotatable bonds is 6. The maximum absolute atomic E-state index is 12.9. The van der Waals surface area contributed by atoms with Gasteiger partial charge in [0.05, 0.1) is 9.92 Å². The number of nitrogens with zero attached hydrogens (tertiary/aromatic N) is 2. The van der Waals surface area contributed by atoms with E-state index in [1.807, 2.05) is 13.8 Å². The van der Waals surface area contributed by atoms with Gasteiger partial charge in [0, 0.05) is 26.2 Å².